The molecule has 6 rings (SSSR count). The molecule has 0 unspecified atom stereocenters. The molecule has 0 saturated carbocycles. The first-order valence-corrected chi connectivity index (χ1v) is 13.1. The largest absolute Gasteiger partial charge is 0.508 e. The minimum absolute atomic E-state index is 0.109. The summed E-state index contributed by atoms with van der Waals surface area (Å²) in [4.78, 5) is 22.9. The fourth-order valence-electron chi connectivity index (χ4n) is 5.09. The summed E-state index contributed by atoms with van der Waals surface area (Å²) in [5, 5.41) is 17.0. The lowest BCUT2D eigenvalue weighted by atomic mass is 10.1. The molecule has 0 bridgehead atoms. The number of aryl methyl sites for hydroxylation is 1. The van der Waals surface area contributed by atoms with Gasteiger partial charge in [0.25, 0.3) is 5.56 Å². The Labute approximate surface area is 230 Å². The third-order valence-electron chi connectivity index (χ3n) is 6.89. The summed E-state index contributed by atoms with van der Waals surface area (Å²) in [6.45, 7) is 4.73. The Bertz CT molecular complexity index is 1940. The van der Waals surface area contributed by atoms with Gasteiger partial charge in [0.1, 0.15) is 29.3 Å². The first kappa shape index (κ1) is 25.1. The summed E-state index contributed by atoms with van der Waals surface area (Å²) < 4.78 is 9.48. The number of phenolic OH excluding ortho intramolecular Hbond substituents is 1. The lowest BCUT2D eigenvalue weighted by molar-refractivity contribution is 0.316. The van der Waals surface area contributed by atoms with E-state index in [1.807, 2.05) is 68.4 Å². The summed E-state index contributed by atoms with van der Waals surface area (Å²) >= 11 is 0. The van der Waals surface area contributed by atoms with E-state index >= 15 is 0 Å². The van der Waals surface area contributed by atoms with E-state index in [1.165, 1.54) is 6.33 Å². The average molecular weight is 533 g/mol. The highest BCUT2D eigenvalue weighted by atomic mass is 16.5. The van der Waals surface area contributed by atoms with E-state index < -0.39 is 0 Å². The van der Waals surface area contributed by atoms with Gasteiger partial charge in [-0.2, -0.15) is 5.10 Å². The maximum Gasteiger partial charge on any atom is 0.263 e. The fraction of sp³-hybridized carbons (Fsp3) is 0.161. The van der Waals surface area contributed by atoms with Crippen molar-refractivity contribution in [2.45, 2.75) is 26.8 Å². The Hall–Kier alpha value is -5.18. The molecular weight excluding hydrogens is 504 g/mol. The SMILES string of the molecule is CCCOc1ccccc1-n1c(Cn2nc(-c3cccc(O)c3)c3c(N)ncnc32)cc2cccc(C)c2c1=O. The van der Waals surface area contributed by atoms with Gasteiger partial charge in [0.2, 0.25) is 0 Å². The third-order valence-corrected chi connectivity index (χ3v) is 6.89. The maximum atomic E-state index is 14.2. The van der Waals surface area contributed by atoms with Gasteiger partial charge in [-0.25, -0.2) is 14.6 Å². The molecule has 9 heteroatoms. The predicted molar refractivity (Wildman–Crippen MR) is 156 cm³/mol. The first-order valence-electron chi connectivity index (χ1n) is 13.1. The lowest BCUT2D eigenvalue weighted by Gasteiger charge is -2.18. The van der Waals surface area contributed by atoms with Crippen LogP contribution in [0.4, 0.5) is 5.82 Å². The summed E-state index contributed by atoms with van der Waals surface area (Å²) in [6, 6.07) is 22.2. The topological polar surface area (TPSA) is 121 Å². The van der Waals surface area contributed by atoms with E-state index in [9.17, 15) is 9.90 Å². The number of aromatic hydroxyl groups is 1. The number of pyridine rings is 1. The van der Waals surface area contributed by atoms with Crippen LogP contribution in [0.25, 0.3) is 38.8 Å². The zero-order chi connectivity index (χ0) is 27.8. The molecule has 200 valence electrons. The van der Waals surface area contributed by atoms with Crippen LogP contribution in [0.5, 0.6) is 11.5 Å². The number of nitrogens with zero attached hydrogens (tertiary/aromatic N) is 5. The van der Waals surface area contributed by atoms with Crippen LogP contribution in [-0.2, 0) is 6.54 Å². The number of hydrogen-bond donors (Lipinski definition) is 2. The van der Waals surface area contributed by atoms with E-state index in [-0.39, 0.29) is 23.7 Å². The summed E-state index contributed by atoms with van der Waals surface area (Å²) in [7, 11) is 0. The van der Waals surface area contributed by atoms with Gasteiger partial charge >= 0.3 is 0 Å². The van der Waals surface area contributed by atoms with Gasteiger partial charge in [0.05, 0.1) is 29.6 Å². The molecule has 3 aromatic heterocycles. The van der Waals surface area contributed by atoms with Gasteiger partial charge in [-0.1, -0.05) is 49.4 Å². The van der Waals surface area contributed by atoms with Crippen molar-refractivity contribution in [1.82, 2.24) is 24.3 Å². The number of rotatable bonds is 7. The highest BCUT2D eigenvalue weighted by Gasteiger charge is 2.21. The fourth-order valence-corrected chi connectivity index (χ4v) is 5.09. The Morgan fingerprint density at radius 2 is 1.80 bits per heavy atom. The van der Waals surface area contributed by atoms with E-state index in [0.29, 0.717) is 51.4 Å². The number of benzene rings is 3. The van der Waals surface area contributed by atoms with Crippen molar-refractivity contribution in [3.8, 4) is 28.4 Å². The van der Waals surface area contributed by atoms with Crippen molar-refractivity contribution in [3.63, 3.8) is 0 Å². The number of anilines is 1. The number of ether oxygens (including phenoxy) is 1. The Balaban J connectivity index is 1.61. The van der Waals surface area contributed by atoms with E-state index in [1.54, 1.807) is 27.4 Å². The number of para-hydroxylation sites is 2. The van der Waals surface area contributed by atoms with E-state index in [0.717, 1.165) is 17.4 Å². The van der Waals surface area contributed by atoms with Crippen LogP contribution in [-0.4, -0.2) is 36.0 Å². The van der Waals surface area contributed by atoms with Crippen LogP contribution in [0.1, 0.15) is 24.6 Å². The van der Waals surface area contributed by atoms with Crippen molar-refractivity contribution in [3.05, 3.63) is 101 Å². The van der Waals surface area contributed by atoms with Crippen LogP contribution in [0.15, 0.2) is 83.9 Å². The number of fused-ring (bicyclic) bond motifs is 2. The average Bonchev–Trinajstić information content (AvgIpc) is 3.32. The smallest absolute Gasteiger partial charge is 0.263 e. The standard InChI is InChI=1S/C31H28N6O3/c1-3-14-40-25-13-5-4-12-24(25)37-22(15-20-9-6-8-19(2)26(20)31(37)39)17-36-30-27(29(32)33-18-34-30)28(35-36)21-10-7-11-23(38)16-21/h4-13,15-16,18,38H,3,14,17H2,1-2H3,(H2,32,33,34). The zero-order valence-corrected chi connectivity index (χ0v) is 22.2. The molecule has 0 aliphatic rings. The van der Waals surface area contributed by atoms with Crippen LogP contribution < -0.4 is 16.0 Å². The minimum Gasteiger partial charge on any atom is -0.508 e. The Morgan fingerprint density at radius 1 is 0.975 bits per heavy atom. The van der Waals surface area contributed by atoms with Crippen molar-refractivity contribution in [1.29, 1.82) is 0 Å². The highest BCUT2D eigenvalue weighted by molar-refractivity contribution is 5.98. The zero-order valence-electron chi connectivity index (χ0n) is 22.2. The highest BCUT2D eigenvalue weighted by Crippen LogP contribution is 2.33. The maximum absolute atomic E-state index is 14.2. The van der Waals surface area contributed by atoms with Crippen LogP contribution in [0.3, 0.4) is 0 Å². The van der Waals surface area contributed by atoms with Gasteiger partial charge in [-0.05, 0) is 54.6 Å². The third kappa shape index (κ3) is 4.31. The van der Waals surface area contributed by atoms with Crippen molar-refractivity contribution in [2.24, 2.45) is 0 Å². The van der Waals surface area contributed by atoms with Gasteiger partial charge in [-0.3, -0.25) is 9.36 Å². The molecule has 0 fully saturated rings. The number of nitrogen functional groups attached to an aromatic ring is 1. The second-order valence-corrected chi connectivity index (χ2v) is 9.65. The van der Waals surface area contributed by atoms with Gasteiger partial charge in [-0.15, -0.1) is 0 Å². The number of phenols is 1. The molecule has 0 saturated heterocycles. The van der Waals surface area contributed by atoms with E-state index in [4.69, 9.17) is 15.6 Å². The molecule has 6 aromatic rings. The molecule has 0 aliphatic heterocycles. The molecule has 3 N–H and O–H groups in total. The second-order valence-electron chi connectivity index (χ2n) is 9.65. The quantitative estimate of drug-likeness (QED) is 0.289. The summed E-state index contributed by atoms with van der Waals surface area (Å²) in [5.41, 5.74) is 10.1. The molecule has 0 aliphatic carbocycles. The molecule has 0 radical (unpaired) electrons. The Kier molecular flexibility index (Phi) is 6.39. The number of aromatic nitrogens is 5. The molecule has 0 atom stereocenters. The molecule has 9 nitrogen and oxygen atoms in total. The van der Waals surface area contributed by atoms with Crippen LogP contribution in [0, 0.1) is 6.92 Å². The van der Waals surface area contributed by atoms with Gasteiger partial charge in [0.15, 0.2) is 5.65 Å². The normalized spacial score (nSPS) is 11.3. The van der Waals surface area contributed by atoms with Crippen molar-refractivity contribution >= 4 is 27.6 Å². The monoisotopic (exact) mass is 532 g/mol. The summed E-state index contributed by atoms with van der Waals surface area (Å²) in [5.74, 6) is 1.01. The van der Waals surface area contributed by atoms with E-state index in [2.05, 4.69) is 9.97 Å². The molecule has 0 spiro atoms. The number of hydrogen-bond acceptors (Lipinski definition) is 7. The minimum atomic E-state index is -0.142. The first-order chi connectivity index (χ1) is 19.5. The van der Waals surface area contributed by atoms with Crippen LogP contribution in [0.2, 0.25) is 0 Å². The molecule has 3 aromatic carbocycles. The molecule has 40 heavy (non-hydrogen) atoms. The predicted octanol–water partition coefficient (Wildman–Crippen LogP) is 5.23. The van der Waals surface area contributed by atoms with Crippen LogP contribution >= 0.6 is 0 Å². The number of nitrogens with two attached hydrogens (primary N) is 1. The van der Waals surface area contributed by atoms with Gasteiger partial charge in [0, 0.05) is 11.3 Å². The second kappa shape index (κ2) is 10.2. The summed E-state index contributed by atoms with van der Waals surface area (Å²) in [6.07, 6.45) is 2.23. The molecular formula is C31H28N6O3. The molecule has 0 amide bonds. The molecule has 3 heterocycles. The Morgan fingerprint density at radius 3 is 2.62 bits per heavy atom. The van der Waals surface area contributed by atoms with Crippen molar-refractivity contribution in [2.75, 3.05) is 12.3 Å². The lowest BCUT2D eigenvalue weighted by Crippen LogP contribution is -2.25. The van der Waals surface area contributed by atoms with Gasteiger partial charge < -0.3 is 15.6 Å². The van der Waals surface area contributed by atoms with Crippen molar-refractivity contribution < 1.29 is 9.84 Å².